The Bertz CT molecular complexity index is 743. The van der Waals surface area contributed by atoms with Gasteiger partial charge in [0, 0.05) is 24.0 Å². The van der Waals surface area contributed by atoms with Gasteiger partial charge in [0.1, 0.15) is 5.01 Å². The third-order valence-electron chi connectivity index (χ3n) is 4.06. The molecule has 0 amide bonds. The van der Waals surface area contributed by atoms with Crippen molar-refractivity contribution in [2.45, 2.75) is 31.8 Å². The molecule has 3 aromatic heterocycles. The van der Waals surface area contributed by atoms with E-state index in [0.29, 0.717) is 24.4 Å². The highest BCUT2D eigenvalue weighted by Crippen LogP contribution is 2.33. The first-order valence-electron chi connectivity index (χ1n) is 7.76. The third kappa shape index (κ3) is 3.16. The first kappa shape index (κ1) is 14.5. The monoisotopic (exact) mass is 327 g/mol. The molecule has 4 rings (SSSR count). The first-order valence-corrected chi connectivity index (χ1v) is 8.64. The topological polar surface area (TPSA) is 67.9 Å². The average Bonchev–Trinajstić information content (AvgIpc) is 3.28. The van der Waals surface area contributed by atoms with Crippen molar-refractivity contribution in [2.24, 2.45) is 0 Å². The van der Waals surface area contributed by atoms with E-state index in [0.717, 1.165) is 18.5 Å². The van der Waals surface area contributed by atoms with Crippen molar-refractivity contribution in [3.63, 3.8) is 0 Å². The number of pyridine rings is 1. The molecule has 0 aliphatic carbocycles. The summed E-state index contributed by atoms with van der Waals surface area (Å²) < 4.78 is 5.82. The minimum absolute atomic E-state index is 0.359. The molecule has 118 valence electrons. The molecule has 1 aliphatic heterocycles. The van der Waals surface area contributed by atoms with Crippen molar-refractivity contribution in [3.05, 3.63) is 47.0 Å². The van der Waals surface area contributed by atoms with E-state index in [2.05, 4.69) is 25.1 Å². The minimum Gasteiger partial charge on any atom is -0.419 e. The van der Waals surface area contributed by atoms with E-state index in [4.69, 9.17) is 4.42 Å². The van der Waals surface area contributed by atoms with Crippen molar-refractivity contribution in [1.82, 2.24) is 25.1 Å². The summed E-state index contributed by atoms with van der Waals surface area (Å²) in [4.78, 5) is 11.0. The van der Waals surface area contributed by atoms with Crippen LogP contribution in [0.2, 0.25) is 0 Å². The van der Waals surface area contributed by atoms with Gasteiger partial charge in [-0.25, -0.2) is 4.98 Å². The fourth-order valence-corrected chi connectivity index (χ4v) is 3.76. The van der Waals surface area contributed by atoms with Crippen LogP contribution in [-0.2, 0) is 6.54 Å². The van der Waals surface area contributed by atoms with E-state index in [1.54, 1.807) is 23.7 Å². The van der Waals surface area contributed by atoms with Crippen molar-refractivity contribution < 1.29 is 4.42 Å². The standard InChI is InChI=1S/C16H17N5OS/c1-2-8-21(13(5-1)16-18-7-9-23-16)11-14-19-20-15(22-14)12-4-3-6-17-10-12/h3-4,6-7,9-10,13H,1-2,5,8,11H2. The molecule has 6 nitrogen and oxygen atoms in total. The van der Waals surface area contributed by atoms with Gasteiger partial charge in [0.2, 0.25) is 11.8 Å². The largest absolute Gasteiger partial charge is 0.419 e. The number of nitrogens with zero attached hydrogens (tertiary/aromatic N) is 5. The van der Waals surface area contributed by atoms with Crippen LogP contribution in [0, 0.1) is 0 Å². The number of hydrogen-bond acceptors (Lipinski definition) is 7. The number of piperidine rings is 1. The predicted octanol–water partition coefficient (Wildman–Crippen LogP) is 3.32. The Balaban J connectivity index is 1.52. The zero-order valence-electron chi connectivity index (χ0n) is 12.6. The predicted molar refractivity (Wildman–Crippen MR) is 86.6 cm³/mol. The molecule has 1 unspecified atom stereocenters. The number of thiazole rings is 1. The summed E-state index contributed by atoms with van der Waals surface area (Å²) in [5.74, 6) is 1.17. The van der Waals surface area contributed by atoms with Crippen molar-refractivity contribution in [2.75, 3.05) is 6.54 Å². The highest BCUT2D eigenvalue weighted by atomic mass is 32.1. The maximum atomic E-state index is 5.82. The summed E-state index contributed by atoms with van der Waals surface area (Å²) in [7, 11) is 0. The smallest absolute Gasteiger partial charge is 0.249 e. The Morgan fingerprint density at radius 1 is 1.26 bits per heavy atom. The molecule has 0 saturated carbocycles. The van der Waals surface area contributed by atoms with E-state index in [9.17, 15) is 0 Å². The molecule has 0 N–H and O–H groups in total. The van der Waals surface area contributed by atoms with Gasteiger partial charge in [0.15, 0.2) is 0 Å². The van der Waals surface area contributed by atoms with E-state index >= 15 is 0 Å². The third-order valence-corrected chi connectivity index (χ3v) is 4.94. The van der Waals surface area contributed by atoms with Crippen LogP contribution in [0.25, 0.3) is 11.5 Å². The Morgan fingerprint density at radius 2 is 2.26 bits per heavy atom. The van der Waals surface area contributed by atoms with E-state index < -0.39 is 0 Å². The summed E-state index contributed by atoms with van der Waals surface area (Å²) in [5, 5.41) is 11.6. The number of rotatable bonds is 4. The minimum atomic E-state index is 0.359. The molecule has 0 aromatic carbocycles. The van der Waals surface area contributed by atoms with Crippen LogP contribution in [0.3, 0.4) is 0 Å². The first-order chi connectivity index (χ1) is 11.4. The number of aromatic nitrogens is 4. The lowest BCUT2D eigenvalue weighted by atomic mass is 10.0. The van der Waals surface area contributed by atoms with Crippen LogP contribution in [0.15, 0.2) is 40.5 Å². The lowest BCUT2D eigenvalue weighted by Gasteiger charge is -2.33. The molecule has 0 radical (unpaired) electrons. The second-order valence-electron chi connectivity index (χ2n) is 5.60. The summed E-state index contributed by atoms with van der Waals surface area (Å²) in [6.07, 6.45) is 8.91. The Hall–Kier alpha value is -2.12. The van der Waals surface area contributed by atoms with Crippen LogP contribution in [0.5, 0.6) is 0 Å². The number of likely N-dealkylation sites (tertiary alicyclic amines) is 1. The zero-order chi connectivity index (χ0) is 15.5. The zero-order valence-corrected chi connectivity index (χ0v) is 13.4. The lowest BCUT2D eigenvalue weighted by Crippen LogP contribution is -2.33. The van der Waals surface area contributed by atoms with Crippen LogP contribution in [-0.4, -0.2) is 31.6 Å². The molecule has 3 aromatic rings. The summed E-state index contributed by atoms with van der Waals surface area (Å²) >= 11 is 1.72. The van der Waals surface area contributed by atoms with Gasteiger partial charge < -0.3 is 4.42 Å². The maximum Gasteiger partial charge on any atom is 0.249 e. The lowest BCUT2D eigenvalue weighted by molar-refractivity contribution is 0.128. The Labute approximate surface area is 138 Å². The van der Waals surface area contributed by atoms with Gasteiger partial charge in [-0.3, -0.25) is 9.88 Å². The van der Waals surface area contributed by atoms with Crippen LogP contribution in [0.1, 0.15) is 36.2 Å². The molecule has 1 saturated heterocycles. The van der Waals surface area contributed by atoms with Gasteiger partial charge in [-0.15, -0.1) is 21.5 Å². The van der Waals surface area contributed by atoms with Crippen LogP contribution in [0.4, 0.5) is 0 Å². The second-order valence-corrected chi connectivity index (χ2v) is 6.52. The molecule has 4 heterocycles. The summed E-state index contributed by atoms with van der Waals surface area (Å²) in [6.45, 7) is 1.70. The molecular weight excluding hydrogens is 310 g/mol. The van der Waals surface area contributed by atoms with E-state index in [1.807, 2.05) is 23.7 Å². The maximum absolute atomic E-state index is 5.82. The normalized spacial score (nSPS) is 19.0. The van der Waals surface area contributed by atoms with Crippen molar-refractivity contribution in [1.29, 1.82) is 0 Å². The fourth-order valence-electron chi connectivity index (χ4n) is 2.96. The quantitative estimate of drug-likeness (QED) is 0.732. The fraction of sp³-hybridized carbons (Fsp3) is 0.375. The Morgan fingerprint density at radius 3 is 3.09 bits per heavy atom. The van der Waals surface area contributed by atoms with Gasteiger partial charge in [-0.05, 0) is 31.5 Å². The van der Waals surface area contributed by atoms with Crippen molar-refractivity contribution >= 4 is 11.3 Å². The molecule has 0 bridgehead atoms. The van der Waals surface area contributed by atoms with E-state index in [1.165, 1.54) is 17.8 Å². The molecule has 7 heteroatoms. The molecule has 1 atom stereocenters. The highest BCUT2D eigenvalue weighted by Gasteiger charge is 2.27. The van der Waals surface area contributed by atoms with Crippen LogP contribution < -0.4 is 0 Å². The van der Waals surface area contributed by atoms with Gasteiger partial charge in [-0.2, -0.15) is 0 Å². The highest BCUT2D eigenvalue weighted by molar-refractivity contribution is 7.09. The second kappa shape index (κ2) is 6.55. The molecule has 0 spiro atoms. The molecule has 1 fully saturated rings. The van der Waals surface area contributed by atoms with E-state index in [-0.39, 0.29) is 0 Å². The van der Waals surface area contributed by atoms with Gasteiger partial charge >= 0.3 is 0 Å². The molecular formula is C16H17N5OS. The SMILES string of the molecule is c1cncc(-c2nnc(CN3CCCCC3c3nccs3)o2)c1. The van der Waals surface area contributed by atoms with Crippen LogP contribution >= 0.6 is 11.3 Å². The van der Waals surface area contributed by atoms with Gasteiger partial charge in [-0.1, -0.05) is 6.42 Å². The molecule has 23 heavy (non-hydrogen) atoms. The Kier molecular flexibility index (Phi) is 4.12. The van der Waals surface area contributed by atoms with Crippen molar-refractivity contribution in [3.8, 4) is 11.5 Å². The van der Waals surface area contributed by atoms with Gasteiger partial charge in [0.05, 0.1) is 18.2 Å². The number of hydrogen-bond donors (Lipinski definition) is 0. The summed E-state index contributed by atoms with van der Waals surface area (Å²) in [5.41, 5.74) is 0.848. The van der Waals surface area contributed by atoms with Gasteiger partial charge in [0.25, 0.3) is 0 Å². The average molecular weight is 327 g/mol. The summed E-state index contributed by atoms with van der Waals surface area (Å²) in [6, 6.07) is 4.14. The molecule has 1 aliphatic rings.